The number of thiazole rings is 1. The molecule has 0 spiro atoms. The first kappa shape index (κ1) is 17.2. The average Bonchev–Trinajstić information content (AvgIpc) is 3.03. The van der Waals surface area contributed by atoms with Crippen molar-refractivity contribution in [3.05, 3.63) is 65.2 Å². The summed E-state index contributed by atoms with van der Waals surface area (Å²) in [5.41, 5.74) is 2.52. The second kappa shape index (κ2) is 7.12. The summed E-state index contributed by atoms with van der Waals surface area (Å²) < 4.78 is 22.6. The van der Waals surface area contributed by atoms with Crippen LogP contribution in [0.5, 0.6) is 0 Å². The molecule has 0 atom stereocenters. The van der Waals surface area contributed by atoms with Crippen molar-refractivity contribution in [2.75, 3.05) is 11.6 Å². The number of anilines is 1. The largest absolute Gasteiger partial charge is 0.298 e. The number of pyridine rings is 1. The second-order valence-corrected chi connectivity index (χ2v) is 8.47. The van der Waals surface area contributed by atoms with Crippen molar-refractivity contribution in [2.24, 2.45) is 0 Å². The molecule has 0 aliphatic carbocycles. The van der Waals surface area contributed by atoms with Crippen molar-refractivity contribution in [1.82, 2.24) is 9.97 Å². The normalized spacial score (nSPS) is 11.2. The highest BCUT2D eigenvalue weighted by Gasteiger charge is 2.11. The Morgan fingerprint density at radius 3 is 2.52 bits per heavy atom. The summed E-state index contributed by atoms with van der Waals surface area (Å²) >= 11 is 1.32. The third-order valence-corrected chi connectivity index (χ3v) is 4.91. The molecule has 3 rings (SSSR count). The molecule has 3 aromatic rings. The zero-order chi connectivity index (χ0) is 17.9. The van der Waals surface area contributed by atoms with Gasteiger partial charge in [-0.2, -0.15) is 0 Å². The van der Waals surface area contributed by atoms with E-state index >= 15 is 0 Å². The van der Waals surface area contributed by atoms with Gasteiger partial charge in [0.05, 0.1) is 11.4 Å². The molecule has 0 aliphatic heterocycles. The summed E-state index contributed by atoms with van der Waals surface area (Å²) in [6.45, 7) is 0. The van der Waals surface area contributed by atoms with Crippen molar-refractivity contribution in [1.29, 1.82) is 0 Å². The standard InChI is InChI=1S/C17H15N3O3S2/c1-25(22,23)11-12-5-7-13(8-6-12)16(21)20-17-19-15(10-24-17)14-4-2-3-9-18-14/h2-10H,11H2,1H3,(H,19,20,21). The lowest BCUT2D eigenvalue weighted by Crippen LogP contribution is -2.11. The van der Waals surface area contributed by atoms with Gasteiger partial charge in [-0.1, -0.05) is 18.2 Å². The van der Waals surface area contributed by atoms with Crippen LogP contribution in [0, 0.1) is 0 Å². The molecule has 6 nitrogen and oxygen atoms in total. The Kier molecular flexibility index (Phi) is 4.91. The first-order valence-corrected chi connectivity index (χ1v) is 10.3. The Balaban J connectivity index is 1.69. The van der Waals surface area contributed by atoms with E-state index in [0.717, 1.165) is 5.69 Å². The van der Waals surface area contributed by atoms with Crippen molar-refractivity contribution in [3.63, 3.8) is 0 Å². The second-order valence-electron chi connectivity index (χ2n) is 5.47. The molecule has 2 aromatic heterocycles. The number of nitrogens with one attached hydrogen (secondary N) is 1. The van der Waals surface area contributed by atoms with E-state index in [-0.39, 0.29) is 11.7 Å². The van der Waals surface area contributed by atoms with Crippen LogP contribution >= 0.6 is 11.3 Å². The van der Waals surface area contributed by atoms with Crippen LogP contribution in [0.15, 0.2) is 54.0 Å². The number of aromatic nitrogens is 2. The van der Waals surface area contributed by atoms with E-state index in [4.69, 9.17) is 0 Å². The Morgan fingerprint density at radius 2 is 1.88 bits per heavy atom. The third-order valence-electron chi connectivity index (χ3n) is 3.30. The number of sulfone groups is 1. The molecule has 1 aromatic carbocycles. The van der Waals surface area contributed by atoms with Gasteiger partial charge < -0.3 is 0 Å². The molecule has 0 saturated heterocycles. The molecular formula is C17H15N3O3S2. The number of hydrogen-bond donors (Lipinski definition) is 1. The minimum Gasteiger partial charge on any atom is -0.298 e. The van der Waals surface area contributed by atoms with Gasteiger partial charge in [-0.3, -0.25) is 15.1 Å². The van der Waals surface area contributed by atoms with E-state index in [1.54, 1.807) is 30.5 Å². The Labute approximate surface area is 149 Å². The summed E-state index contributed by atoms with van der Waals surface area (Å²) in [5, 5.41) is 5.04. The van der Waals surface area contributed by atoms with Crippen LogP contribution in [0.1, 0.15) is 15.9 Å². The van der Waals surface area contributed by atoms with Crippen molar-refractivity contribution < 1.29 is 13.2 Å². The minimum absolute atomic E-state index is 0.0468. The Hall–Kier alpha value is -2.58. The van der Waals surface area contributed by atoms with E-state index in [9.17, 15) is 13.2 Å². The van der Waals surface area contributed by atoms with Crippen molar-refractivity contribution >= 4 is 32.2 Å². The maximum Gasteiger partial charge on any atom is 0.257 e. The highest BCUT2D eigenvalue weighted by molar-refractivity contribution is 7.89. The predicted molar refractivity (Wildman–Crippen MR) is 98.3 cm³/mol. The van der Waals surface area contributed by atoms with E-state index in [1.165, 1.54) is 17.6 Å². The summed E-state index contributed by atoms with van der Waals surface area (Å²) in [7, 11) is -3.10. The number of rotatable bonds is 5. The van der Waals surface area contributed by atoms with Crippen LogP contribution in [-0.4, -0.2) is 30.5 Å². The van der Waals surface area contributed by atoms with Gasteiger partial charge in [-0.15, -0.1) is 11.3 Å². The number of carbonyl (C=O) groups excluding carboxylic acids is 1. The fourth-order valence-electron chi connectivity index (χ4n) is 2.19. The van der Waals surface area contributed by atoms with Gasteiger partial charge in [-0.25, -0.2) is 13.4 Å². The van der Waals surface area contributed by atoms with Gasteiger partial charge in [0, 0.05) is 23.4 Å². The first-order valence-electron chi connectivity index (χ1n) is 7.36. The zero-order valence-corrected chi connectivity index (χ0v) is 15.0. The molecule has 0 bridgehead atoms. The van der Waals surface area contributed by atoms with Crippen LogP contribution in [0.25, 0.3) is 11.4 Å². The molecule has 0 radical (unpaired) electrons. The van der Waals surface area contributed by atoms with Gasteiger partial charge in [0.25, 0.3) is 5.91 Å². The van der Waals surface area contributed by atoms with Crippen LogP contribution in [0.4, 0.5) is 5.13 Å². The van der Waals surface area contributed by atoms with Gasteiger partial charge in [0.15, 0.2) is 15.0 Å². The minimum atomic E-state index is -3.10. The SMILES string of the molecule is CS(=O)(=O)Cc1ccc(C(=O)Nc2nc(-c3ccccn3)cs2)cc1. The summed E-state index contributed by atoms with van der Waals surface area (Å²) in [5.74, 6) is -0.345. The quantitative estimate of drug-likeness (QED) is 0.743. The maximum atomic E-state index is 12.3. The van der Waals surface area contributed by atoms with Gasteiger partial charge >= 0.3 is 0 Å². The van der Waals surface area contributed by atoms with Crippen LogP contribution in [0.2, 0.25) is 0 Å². The highest BCUT2D eigenvalue weighted by atomic mass is 32.2. The average molecular weight is 373 g/mol. The lowest BCUT2D eigenvalue weighted by atomic mass is 10.1. The maximum absolute atomic E-state index is 12.3. The van der Waals surface area contributed by atoms with Crippen LogP contribution in [-0.2, 0) is 15.6 Å². The van der Waals surface area contributed by atoms with Crippen LogP contribution in [0.3, 0.4) is 0 Å². The summed E-state index contributed by atoms with van der Waals surface area (Å²) in [4.78, 5) is 20.9. The number of nitrogens with zero attached hydrogens (tertiary/aromatic N) is 2. The molecule has 128 valence electrons. The molecule has 0 fully saturated rings. The molecular weight excluding hydrogens is 358 g/mol. The number of amides is 1. The fourth-order valence-corrected chi connectivity index (χ4v) is 3.68. The molecule has 0 unspecified atom stereocenters. The van der Waals surface area contributed by atoms with Crippen LogP contribution < -0.4 is 5.32 Å². The summed E-state index contributed by atoms with van der Waals surface area (Å²) in [6, 6.07) is 12.0. The molecule has 25 heavy (non-hydrogen) atoms. The van der Waals surface area contributed by atoms with Gasteiger partial charge in [0.1, 0.15) is 5.69 Å². The first-order chi connectivity index (χ1) is 11.9. The lowest BCUT2D eigenvalue weighted by Gasteiger charge is -2.04. The molecule has 1 amide bonds. The highest BCUT2D eigenvalue weighted by Crippen LogP contribution is 2.23. The Bertz CT molecular complexity index is 981. The Morgan fingerprint density at radius 1 is 1.12 bits per heavy atom. The van der Waals surface area contributed by atoms with E-state index in [2.05, 4.69) is 15.3 Å². The molecule has 2 heterocycles. The molecule has 8 heteroatoms. The number of hydrogen-bond acceptors (Lipinski definition) is 6. The monoisotopic (exact) mass is 373 g/mol. The van der Waals surface area contributed by atoms with E-state index in [0.29, 0.717) is 22.0 Å². The van der Waals surface area contributed by atoms with Gasteiger partial charge in [-0.05, 0) is 29.8 Å². The molecule has 0 aliphatic rings. The third kappa shape index (κ3) is 4.71. The summed E-state index contributed by atoms with van der Waals surface area (Å²) in [6.07, 6.45) is 2.86. The molecule has 1 N–H and O–H groups in total. The smallest absolute Gasteiger partial charge is 0.257 e. The topological polar surface area (TPSA) is 89.0 Å². The van der Waals surface area contributed by atoms with E-state index < -0.39 is 9.84 Å². The predicted octanol–water partition coefficient (Wildman–Crippen LogP) is 3.00. The lowest BCUT2D eigenvalue weighted by molar-refractivity contribution is 0.102. The van der Waals surface area contributed by atoms with E-state index in [1.807, 2.05) is 23.6 Å². The van der Waals surface area contributed by atoms with Crippen molar-refractivity contribution in [2.45, 2.75) is 5.75 Å². The zero-order valence-electron chi connectivity index (χ0n) is 13.3. The number of carbonyl (C=O) groups is 1. The fraction of sp³-hybridized carbons (Fsp3) is 0.118. The van der Waals surface area contributed by atoms with Gasteiger partial charge in [0.2, 0.25) is 0 Å². The van der Waals surface area contributed by atoms with Crippen molar-refractivity contribution in [3.8, 4) is 11.4 Å². The molecule has 0 saturated carbocycles. The number of benzene rings is 1.